The molecule has 0 radical (unpaired) electrons. The molecule has 0 atom stereocenters. The van der Waals surface area contributed by atoms with Crippen LogP contribution >= 0.6 is 15.9 Å². The maximum absolute atomic E-state index is 3.69. The number of anilines is 3. The Balaban J connectivity index is 1.34. The van der Waals surface area contributed by atoms with Gasteiger partial charge in [-0.15, -0.1) is 0 Å². The summed E-state index contributed by atoms with van der Waals surface area (Å²) in [4.78, 5) is 2.39. The van der Waals surface area contributed by atoms with Crippen LogP contribution in [-0.4, -0.2) is 0 Å². The van der Waals surface area contributed by atoms with E-state index >= 15 is 0 Å². The number of rotatable bonds is 5. The standard InChI is InChI=1S/C41H34BrN/c1-27-25-40(42)28(2)24-37(27)31-16-20-33(21-17-31)43(32-18-14-30(15-19-32)29-10-6-5-7-11-29)34-22-23-36-35-12-8-9-13-38(35)41(3,4)39(36)26-34/h5-26H,1-4H3. The predicted octanol–water partition coefficient (Wildman–Crippen LogP) is 12.2. The highest BCUT2D eigenvalue weighted by Crippen LogP contribution is 2.50. The molecule has 1 aliphatic carbocycles. The predicted molar refractivity (Wildman–Crippen MR) is 187 cm³/mol. The second kappa shape index (κ2) is 10.7. The largest absolute Gasteiger partial charge is 0.310 e. The van der Waals surface area contributed by atoms with E-state index in [-0.39, 0.29) is 5.41 Å². The molecular weight excluding hydrogens is 586 g/mol. The van der Waals surface area contributed by atoms with Crippen molar-refractivity contribution in [1.82, 2.24) is 0 Å². The van der Waals surface area contributed by atoms with Gasteiger partial charge in [-0.1, -0.05) is 121 Å². The fraction of sp³-hybridized carbons (Fsp3) is 0.122. The number of hydrogen-bond acceptors (Lipinski definition) is 1. The molecule has 6 aromatic carbocycles. The van der Waals surface area contributed by atoms with Crippen LogP contribution in [0, 0.1) is 13.8 Å². The molecule has 0 amide bonds. The monoisotopic (exact) mass is 619 g/mol. The lowest BCUT2D eigenvalue weighted by Crippen LogP contribution is -2.16. The van der Waals surface area contributed by atoms with Crippen LogP contribution in [0.1, 0.15) is 36.1 Å². The van der Waals surface area contributed by atoms with Crippen molar-refractivity contribution in [3.05, 3.63) is 160 Å². The van der Waals surface area contributed by atoms with Crippen molar-refractivity contribution in [2.75, 3.05) is 4.90 Å². The third-order valence-corrected chi connectivity index (χ3v) is 9.85. The normalized spacial score (nSPS) is 13.0. The molecule has 0 unspecified atom stereocenters. The molecule has 1 aliphatic rings. The first-order valence-corrected chi connectivity index (χ1v) is 15.7. The fourth-order valence-electron chi connectivity index (χ4n) is 6.59. The van der Waals surface area contributed by atoms with Gasteiger partial charge in [-0.3, -0.25) is 0 Å². The number of nitrogens with zero attached hydrogens (tertiary/aromatic N) is 1. The number of benzene rings is 6. The van der Waals surface area contributed by atoms with Crippen LogP contribution in [0.15, 0.2) is 138 Å². The summed E-state index contributed by atoms with van der Waals surface area (Å²) >= 11 is 3.69. The minimum atomic E-state index is -0.0639. The van der Waals surface area contributed by atoms with E-state index in [4.69, 9.17) is 0 Å². The third kappa shape index (κ3) is 4.80. The maximum Gasteiger partial charge on any atom is 0.0465 e. The summed E-state index contributed by atoms with van der Waals surface area (Å²) in [5.74, 6) is 0. The van der Waals surface area contributed by atoms with E-state index in [1.54, 1.807) is 0 Å². The van der Waals surface area contributed by atoms with Crippen molar-refractivity contribution in [2.24, 2.45) is 0 Å². The van der Waals surface area contributed by atoms with E-state index in [9.17, 15) is 0 Å². The van der Waals surface area contributed by atoms with Crippen LogP contribution in [0.4, 0.5) is 17.1 Å². The summed E-state index contributed by atoms with van der Waals surface area (Å²) < 4.78 is 1.15. The van der Waals surface area contributed by atoms with E-state index in [0.717, 1.165) is 21.5 Å². The van der Waals surface area contributed by atoms with Crippen molar-refractivity contribution >= 4 is 33.0 Å². The van der Waals surface area contributed by atoms with Crippen molar-refractivity contribution in [1.29, 1.82) is 0 Å². The first-order chi connectivity index (χ1) is 20.8. The lowest BCUT2D eigenvalue weighted by atomic mass is 9.82. The molecule has 0 N–H and O–H groups in total. The molecule has 0 saturated heterocycles. The Morgan fingerprint density at radius 3 is 1.72 bits per heavy atom. The second-order valence-electron chi connectivity index (χ2n) is 12.1. The lowest BCUT2D eigenvalue weighted by Gasteiger charge is -2.28. The summed E-state index contributed by atoms with van der Waals surface area (Å²) in [5.41, 5.74) is 16.2. The molecule has 2 heteroatoms. The quantitative estimate of drug-likeness (QED) is 0.185. The summed E-state index contributed by atoms with van der Waals surface area (Å²) in [5, 5.41) is 0. The van der Waals surface area contributed by atoms with Crippen molar-refractivity contribution in [3.8, 4) is 33.4 Å². The molecular formula is C41H34BrN. The molecule has 0 saturated carbocycles. The topological polar surface area (TPSA) is 3.24 Å². The Kier molecular flexibility index (Phi) is 6.83. The van der Waals surface area contributed by atoms with Gasteiger partial charge in [-0.2, -0.15) is 0 Å². The van der Waals surface area contributed by atoms with Gasteiger partial charge >= 0.3 is 0 Å². The van der Waals surface area contributed by atoms with Crippen molar-refractivity contribution in [2.45, 2.75) is 33.1 Å². The van der Waals surface area contributed by atoms with Crippen molar-refractivity contribution < 1.29 is 0 Å². The Hall–Kier alpha value is -4.40. The van der Waals surface area contributed by atoms with E-state index in [1.165, 1.54) is 55.6 Å². The molecule has 43 heavy (non-hydrogen) atoms. The van der Waals surface area contributed by atoms with Crippen LogP contribution in [0.2, 0.25) is 0 Å². The van der Waals surface area contributed by atoms with E-state index in [2.05, 4.69) is 182 Å². The van der Waals surface area contributed by atoms with E-state index < -0.39 is 0 Å². The van der Waals surface area contributed by atoms with Gasteiger partial charge in [0.05, 0.1) is 0 Å². The summed E-state index contributed by atoms with van der Waals surface area (Å²) in [6.45, 7) is 9.02. The van der Waals surface area contributed by atoms with E-state index in [0.29, 0.717) is 0 Å². The second-order valence-corrected chi connectivity index (χ2v) is 13.0. The minimum Gasteiger partial charge on any atom is -0.310 e. The molecule has 0 aliphatic heterocycles. The number of aryl methyl sites for hydroxylation is 2. The van der Waals surface area contributed by atoms with Gasteiger partial charge in [0.2, 0.25) is 0 Å². The highest BCUT2D eigenvalue weighted by atomic mass is 79.9. The van der Waals surface area contributed by atoms with Crippen LogP contribution in [0.5, 0.6) is 0 Å². The van der Waals surface area contributed by atoms with Crippen molar-refractivity contribution in [3.63, 3.8) is 0 Å². The highest BCUT2D eigenvalue weighted by Gasteiger charge is 2.35. The van der Waals surface area contributed by atoms with Crippen LogP contribution < -0.4 is 4.90 Å². The number of halogens is 1. The van der Waals surface area contributed by atoms with Gasteiger partial charge in [0.1, 0.15) is 0 Å². The van der Waals surface area contributed by atoms with Gasteiger partial charge in [0, 0.05) is 26.9 Å². The first kappa shape index (κ1) is 27.4. The van der Waals surface area contributed by atoms with Crippen LogP contribution in [0.3, 0.4) is 0 Å². The number of hydrogen-bond donors (Lipinski definition) is 0. The van der Waals surface area contributed by atoms with Crippen LogP contribution in [0.25, 0.3) is 33.4 Å². The van der Waals surface area contributed by atoms with Gasteiger partial charge < -0.3 is 4.90 Å². The Morgan fingerprint density at radius 1 is 0.465 bits per heavy atom. The van der Waals surface area contributed by atoms with Gasteiger partial charge in [-0.05, 0) is 112 Å². The smallest absolute Gasteiger partial charge is 0.0465 e. The van der Waals surface area contributed by atoms with Gasteiger partial charge in [-0.25, -0.2) is 0 Å². The zero-order chi connectivity index (χ0) is 29.7. The zero-order valence-corrected chi connectivity index (χ0v) is 26.6. The van der Waals surface area contributed by atoms with E-state index in [1.807, 2.05) is 0 Å². The average molecular weight is 621 g/mol. The third-order valence-electron chi connectivity index (χ3n) is 9.00. The molecule has 0 spiro atoms. The molecule has 0 fully saturated rings. The zero-order valence-electron chi connectivity index (χ0n) is 25.0. The molecule has 0 heterocycles. The number of fused-ring (bicyclic) bond motifs is 3. The average Bonchev–Trinajstić information content (AvgIpc) is 3.26. The molecule has 6 aromatic rings. The summed E-state index contributed by atoms with van der Waals surface area (Å²) in [7, 11) is 0. The summed E-state index contributed by atoms with van der Waals surface area (Å²) in [6, 6.07) is 48.8. The van der Waals surface area contributed by atoms with Gasteiger partial charge in [0.25, 0.3) is 0 Å². The van der Waals surface area contributed by atoms with Crippen LogP contribution in [-0.2, 0) is 5.41 Å². The fourth-order valence-corrected chi connectivity index (χ4v) is 7.05. The Labute approximate surface area is 263 Å². The Morgan fingerprint density at radius 2 is 1.02 bits per heavy atom. The molecule has 7 rings (SSSR count). The molecule has 210 valence electrons. The lowest BCUT2D eigenvalue weighted by molar-refractivity contribution is 0.660. The first-order valence-electron chi connectivity index (χ1n) is 14.9. The summed E-state index contributed by atoms with van der Waals surface area (Å²) in [6.07, 6.45) is 0. The minimum absolute atomic E-state index is 0.0639. The highest BCUT2D eigenvalue weighted by molar-refractivity contribution is 9.10. The SMILES string of the molecule is Cc1cc(-c2ccc(N(c3ccc(-c4ccccc4)cc3)c3ccc4c(c3)C(C)(C)c3ccccc3-4)cc2)c(C)cc1Br. The molecule has 0 bridgehead atoms. The Bertz CT molecular complexity index is 1950. The van der Waals surface area contributed by atoms with Gasteiger partial charge in [0.15, 0.2) is 0 Å². The maximum atomic E-state index is 3.69. The molecule has 1 nitrogen and oxygen atoms in total. The molecule has 0 aromatic heterocycles.